The van der Waals surface area contributed by atoms with Crippen molar-refractivity contribution in [3.63, 3.8) is 0 Å². The van der Waals surface area contributed by atoms with E-state index in [0.29, 0.717) is 12.2 Å². The fraction of sp³-hybridized carbons (Fsp3) is 0.308. The zero-order valence-corrected chi connectivity index (χ0v) is 11.0. The standard InChI is InChI=1S/C13H17N5O/c1-10(9-18-7-3-5-16-18)17-13(19)12-8-11(14-2)4-6-15-12/h3-8,10H,9H2,1-2H3,(H,14,15)(H,17,19). The maximum absolute atomic E-state index is 12.0. The molecule has 2 aromatic rings. The summed E-state index contributed by atoms with van der Waals surface area (Å²) in [4.78, 5) is 16.1. The fourth-order valence-corrected chi connectivity index (χ4v) is 1.74. The third kappa shape index (κ3) is 3.54. The summed E-state index contributed by atoms with van der Waals surface area (Å²) in [5.41, 5.74) is 1.26. The van der Waals surface area contributed by atoms with Crippen LogP contribution in [-0.2, 0) is 6.54 Å². The maximum Gasteiger partial charge on any atom is 0.270 e. The van der Waals surface area contributed by atoms with Gasteiger partial charge in [0.05, 0.1) is 6.54 Å². The van der Waals surface area contributed by atoms with Gasteiger partial charge in [-0.2, -0.15) is 5.10 Å². The number of hydrogen-bond donors (Lipinski definition) is 2. The van der Waals surface area contributed by atoms with Gasteiger partial charge in [0.15, 0.2) is 0 Å². The number of anilines is 1. The molecule has 2 N–H and O–H groups in total. The smallest absolute Gasteiger partial charge is 0.270 e. The molecule has 6 nitrogen and oxygen atoms in total. The third-order valence-corrected chi connectivity index (χ3v) is 2.68. The van der Waals surface area contributed by atoms with Crippen LogP contribution in [0.2, 0.25) is 0 Å². The van der Waals surface area contributed by atoms with Crippen LogP contribution < -0.4 is 10.6 Å². The molecular weight excluding hydrogens is 242 g/mol. The summed E-state index contributed by atoms with van der Waals surface area (Å²) in [6.07, 6.45) is 5.19. The molecule has 0 bridgehead atoms. The number of aromatic nitrogens is 3. The fourth-order valence-electron chi connectivity index (χ4n) is 1.74. The summed E-state index contributed by atoms with van der Waals surface area (Å²) >= 11 is 0. The van der Waals surface area contributed by atoms with E-state index in [4.69, 9.17) is 0 Å². The zero-order valence-electron chi connectivity index (χ0n) is 11.0. The van der Waals surface area contributed by atoms with E-state index in [0.717, 1.165) is 5.69 Å². The Morgan fingerprint density at radius 1 is 1.47 bits per heavy atom. The van der Waals surface area contributed by atoms with E-state index in [2.05, 4.69) is 20.7 Å². The third-order valence-electron chi connectivity index (χ3n) is 2.68. The van der Waals surface area contributed by atoms with E-state index < -0.39 is 0 Å². The molecule has 0 spiro atoms. The van der Waals surface area contributed by atoms with Crippen molar-refractivity contribution in [3.05, 3.63) is 42.5 Å². The molecule has 0 aliphatic rings. The van der Waals surface area contributed by atoms with E-state index >= 15 is 0 Å². The number of nitrogens with zero attached hydrogens (tertiary/aromatic N) is 3. The van der Waals surface area contributed by atoms with Gasteiger partial charge < -0.3 is 10.6 Å². The van der Waals surface area contributed by atoms with Crippen LogP contribution in [0.15, 0.2) is 36.8 Å². The molecule has 0 fully saturated rings. The Bertz CT molecular complexity index is 538. The van der Waals surface area contributed by atoms with E-state index in [9.17, 15) is 4.79 Å². The van der Waals surface area contributed by atoms with Gasteiger partial charge in [0.2, 0.25) is 0 Å². The van der Waals surface area contributed by atoms with Gasteiger partial charge >= 0.3 is 0 Å². The number of amides is 1. The average molecular weight is 259 g/mol. The van der Waals surface area contributed by atoms with Crippen LogP contribution in [-0.4, -0.2) is 33.8 Å². The minimum absolute atomic E-state index is 0.0209. The van der Waals surface area contributed by atoms with Crippen molar-refractivity contribution in [3.8, 4) is 0 Å². The van der Waals surface area contributed by atoms with E-state index in [-0.39, 0.29) is 11.9 Å². The molecule has 0 saturated carbocycles. The molecule has 0 aliphatic carbocycles. The highest BCUT2D eigenvalue weighted by Crippen LogP contribution is 2.06. The first-order chi connectivity index (χ1) is 9.19. The van der Waals surface area contributed by atoms with Crippen LogP contribution in [0.1, 0.15) is 17.4 Å². The highest BCUT2D eigenvalue weighted by molar-refractivity contribution is 5.93. The second-order valence-corrected chi connectivity index (χ2v) is 4.28. The average Bonchev–Trinajstić information content (AvgIpc) is 2.91. The van der Waals surface area contributed by atoms with Crippen molar-refractivity contribution in [2.45, 2.75) is 19.5 Å². The van der Waals surface area contributed by atoms with Gasteiger partial charge in [-0.15, -0.1) is 0 Å². The van der Waals surface area contributed by atoms with Gasteiger partial charge in [0, 0.05) is 37.4 Å². The largest absolute Gasteiger partial charge is 0.388 e. The summed E-state index contributed by atoms with van der Waals surface area (Å²) in [5.74, 6) is -0.184. The van der Waals surface area contributed by atoms with Gasteiger partial charge in [-0.1, -0.05) is 0 Å². The minimum Gasteiger partial charge on any atom is -0.388 e. The second kappa shape index (κ2) is 5.99. The molecule has 2 aromatic heterocycles. The predicted octanol–water partition coefficient (Wildman–Crippen LogP) is 1.14. The Balaban J connectivity index is 1.96. The van der Waals surface area contributed by atoms with Crippen molar-refractivity contribution >= 4 is 11.6 Å². The number of rotatable bonds is 5. The lowest BCUT2D eigenvalue weighted by molar-refractivity contribution is 0.0931. The van der Waals surface area contributed by atoms with Crippen molar-refractivity contribution in [1.82, 2.24) is 20.1 Å². The molecule has 0 aliphatic heterocycles. The summed E-state index contributed by atoms with van der Waals surface area (Å²) in [6, 6.07) is 5.36. The molecule has 6 heteroatoms. The van der Waals surface area contributed by atoms with Crippen molar-refractivity contribution in [2.24, 2.45) is 0 Å². The van der Waals surface area contributed by atoms with Gasteiger partial charge in [-0.05, 0) is 25.1 Å². The number of pyridine rings is 1. The highest BCUT2D eigenvalue weighted by Gasteiger charge is 2.11. The molecule has 0 aromatic carbocycles. The van der Waals surface area contributed by atoms with Gasteiger partial charge in [-0.3, -0.25) is 14.5 Å². The van der Waals surface area contributed by atoms with Crippen LogP contribution in [0, 0.1) is 0 Å². The summed E-state index contributed by atoms with van der Waals surface area (Å²) in [6.45, 7) is 2.56. The molecule has 0 radical (unpaired) electrons. The summed E-state index contributed by atoms with van der Waals surface area (Å²) in [5, 5.41) is 9.98. The molecule has 19 heavy (non-hydrogen) atoms. The molecule has 2 heterocycles. The number of hydrogen-bond acceptors (Lipinski definition) is 4. The van der Waals surface area contributed by atoms with Crippen molar-refractivity contribution < 1.29 is 4.79 Å². The Kier molecular flexibility index (Phi) is 4.12. The quantitative estimate of drug-likeness (QED) is 0.844. The second-order valence-electron chi connectivity index (χ2n) is 4.28. The SMILES string of the molecule is CNc1ccnc(C(=O)NC(C)Cn2cccn2)c1. The van der Waals surface area contributed by atoms with Crippen LogP contribution in [0.3, 0.4) is 0 Å². The molecule has 1 amide bonds. The molecule has 0 saturated heterocycles. The Labute approximate surface area is 111 Å². The van der Waals surface area contributed by atoms with E-state index in [1.165, 1.54) is 0 Å². The molecule has 1 atom stereocenters. The first kappa shape index (κ1) is 13.1. The Hall–Kier alpha value is -2.37. The van der Waals surface area contributed by atoms with Gasteiger partial charge in [0.25, 0.3) is 5.91 Å². The lowest BCUT2D eigenvalue weighted by Crippen LogP contribution is -2.36. The first-order valence-electron chi connectivity index (χ1n) is 6.11. The molecule has 1 unspecified atom stereocenters. The maximum atomic E-state index is 12.0. The number of nitrogens with one attached hydrogen (secondary N) is 2. The summed E-state index contributed by atoms with van der Waals surface area (Å²) in [7, 11) is 1.80. The lowest BCUT2D eigenvalue weighted by Gasteiger charge is -2.13. The zero-order chi connectivity index (χ0) is 13.7. The first-order valence-corrected chi connectivity index (χ1v) is 6.11. The Morgan fingerprint density at radius 3 is 3.00 bits per heavy atom. The van der Waals surface area contributed by atoms with E-state index in [1.54, 1.807) is 30.2 Å². The molecule has 2 rings (SSSR count). The Morgan fingerprint density at radius 2 is 2.32 bits per heavy atom. The van der Waals surface area contributed by atoms with Gasteiger partial charge in [0.1, 0.15) is 5.69 Å². The number of carbonyl (C=O) groups is 1. The number of carbonyl (C=O) groups excluding carboxylic acids is 1. The minimum atomic E-state index is -0.184. The molecule has 100 valence electrons. The lowest BCUT2D eigenvalue weighted by atomic mass is 10.2. The van der Waals surface area contributed by atoms with Gasteiger partial charge in [-0.25, -0.2) is 0 Å². The predicted molar refractivity (Wildman–Crippen MR) is 72.9 cm³/mol. The van der Waals surface area contributed by atoms with Crippen LogP contribution in [0.25, 0.3) is 0 Å². The van der Waals surface area contributed by atoms with E-state index in [1.807, 2.05) is 25.3 Å². The van der Waals surface area contributed by atoms with Crippen LogP contribution in [0.4, 0.5) is 5.69 Å². The van der Waals surface area contributed by atoms with Crippen LogP contribution >= 0.6 is 0 Å². The monoisotopic (exact) mass is 259 g/mol. The van der Waals surface area contributed by atoms with Crippen LogP contribution in [0.5, 0.6) is 0 Å². The topological polar surface area (TPSA) is 71.8 Å². The molecular formula is C13H17N5O. The van der Waals surface area contributed by atoms with Crippen molar-refractivity contribution in [2.75, 3.05) is 12.4 Å². The normalized spacial score (nSPS) is 11.9. The summed E-state index contributed by atoms with van der Waals surface area (Å²) < 4.78 is 1.78. The highest BCUT2D eigenvalue weighted by atomic mass is 16.1. The van der Waals surface area contributed by atoms with Crippen molar-refractivity contribution in [1.29, 1.82) is 0 Å².